The van der Waals surface area contributed by atoms with Crippen LogP contribution in [0.25, 0.3) is 5.52 Å². The zero-order valence-corrected chi connectivity index (χ0v) is 16.9. The minimum absolute atomic E-state index is 0.0293. The SMILES string of the molecule is CCS(=O)(=O)Nc1cc2c(NC3CCC(C)C3(C)C)c(C(N)=O)cnn2c1. The number of carbonyl (C=O) groups is 1. The smallest absolute Gasteiger partial charge is 0.252 e. The molecule has 1 fully saturated rings. The van der Waals surface area contributed by atoms with Crippen LogP contribution in [0.3, 0.4) is 0 Å². The van der Waals surface area contributed by atoms with E-state index in [0.29, 0.717) is 28.4 Å². The van der Waals surface area contributed by atoms with Gasteiger partial charge in [0.1, 0.15) is 0 Å². The maximum absolute atomic E-state index is 12.0. The fraction of sp³-hybridized carbons (Fsp3) is 0.556. The second-order valence-corrected chi connectivity index (χ2v) is 9.87. The van der Waals surface area contributed by atoms with Crippen LogP contribution >= 0.6 is 0 Å². The summed E-state index contributed by atoms with van der Waals surface area (Å²) in [6.07, 6.45) is 5.08. The van der Waals surface area contributed by atoms with E-state index >= 15 is 0 Å². The van der Waals surface area contributed by atoms with Crippen LogP contribution in [0.4, 0.5) is 11.4 Å². The first-order valence-corrected chi connectivity index (χ1v) is 10.8. The molecule has 2 aromatic rings. The molecule has 9 heteroatoms. The van der Waals surface area contributed by atoms with Crippen LogP contribution in [0.15, 0.2) is 18.5 Å². The molecule has 0 saturated heterocycles. The summed E-state index contributed by atoms with van der Waals surface area (Å²) in [4.78, 5) is 12.0. The number of nitrogens with zero attached hydrogens (tertiary/aromatic N) is 2. The highest BCUT2D eigenvalue weighted by Crippen LogP contribution is 2.44. The van der Waals surface area contributed by atoms with Crippen molar-refractivity contribution in [3.05, 3.63) is 24.0 Å². The molecule has 0 bridgehead atoms. The monoisotopic (exact) mass is 393 g/mol. The summed E-state index contributed by atoms with van der Waals surface area (Å²) in [5, 5.41) is 7.71. The van der Waals surface area contributed by atoms with Gasteiger partial charge in [0, 0.05) is 6.04 Å². The molecule has 0 spiro atoms. The Morgan fingerprint density at radius 1 is 1.41 bits per heavy atom. The van der Waals surface area contributed by atoms with Gasteiger partial charge >= 0.3 is 0 Å². The van der Waals surface area contributed by atoms with Crippen molar-refractivity contribution in [2.45, 2.75) is 46.6 Å². The largest absolute Gasteiger partial charge is 0.379 e. The zero-order valence-electron chi connectivity index (χ0n) is 16.1. The minimum atomic E-state index is -3.41. The lowest BCUT2D eigenvalue weighted by Crippen LogP contribution is -2.35. The first-order chi connectivity index (χ1) is 12.5. The molecule has 4 N–H and O–H groups in total. The molecule has 2 unspecified atom stereocenters. The van der Waals surface area contributed by atoms with Crippen LogP contribution in [0, 0.1) is 11.3 Å². The highest BCUT2D eigenvalue weighted by Gasteiger charge is 2.41. The Morgan fingerprint density at radius 3 is 2.67 bits per heavy atom. The van der Waals surface area contributed by atoms with Crippen LogP contribution in [0.5, 0.6) is 0 Å². The van der Waals surface area contributed by atoms with Gasteiger partial charge in [-0.3, -0.25) is 9.52 Å². The topological polar surface area (TPSA) is 119 Å². The molecule has 1 amide bonds. The van der Waals surface area contributed by atoms with Crippen molar-refractivity contribution < 1.29 is 13.2 Å². The lowest BCUT2D eigenvalue weighted by atomic mass is 9.80. The molecule has 8 nitrogen and oxygen atoms in total. The molecular formula is C18H27N5O3S. The van der Waals surface area contributed by atoms with Crippen LogP contribution < -0.4 is 15.8 Å². The van der Waals surface area contributed by atoms with E-state index in [1.807, 2.05) is 0 Å². The van der Waals surface area contributed by atoms with Gasteiger partial charge in [-0.15, -0.1) is 0 Å². The fourth-order valence-corrected chi connectivity index (χ4v) is 4.25. The van der Waals surface area contributed by atoms with E-state index in [0.717, 1.165) is 12.8 Å². The van der Waals surface area contributed by atoms with E-state index < -0.39 is 15.9 Å². The van der Waals surface area contributed by atoms with E-state index in [9.17, 15) is 13.2 Å². The molecule has 2 atom stereocenters. The number of fused-ring (bicyclic) bond motifs is 1. The fourth-order valence-electron chi connectivity index (χ4n) is 3.64. The van der Waals surface area contributed by atoms with Gasteiger partial charge in [0.25, 0.3) is 5.91 Å². The third-order valence-electron chi connectivity index (χ3n) is 5.93. The van der Waals surface area contributed by atoms with Gasteiger partial charge in [-0.05, 0) is 37.2 Å². The highest BCUT2D eigenvalue weighted by atomic mass is 32.2. The zero-order chi connectivity index (χ0) is 20.0. The molecule has 1 saturated carbocycles. The van der Waals surface area contributed by atoms with Crippen molar-refractivity contribution in [1.82, 2.24) is 9.61 Å². The summed E-state index contributed by atoms with van der Waals surface area (Å²) in [5.41, 5.74) is 7.50. The van der Waals surface area contributed by atoms with Crippen molar-refractivity contribution in [3.8, 4) is 0 Å². The highest BCUT2D eigenvalue weighted by molar-refractivity contribution is 7.92. The number of rotatable bonds is 6. The van der Waals surface area contributed by atoms with E-state index in [1.165, 1.54) is 6.20 Å². The van der Waals surface area contributed by atoms with E-state index in [-0.39, 0.29) is 17.2 Å². The standard InChI is InChI=1S/C18H27N5O3S/c1-5-27(25,26)22-12-8-14-16(13(17(19)24)9-20-23(14)10-12)21-15-7-6-11(2)18(15,3)4/h8-11,15,21-22H,5-7H2,1-4H3,(H2,19,24). The molecule has 2 aromatic heterocycles. The summed E-state index contributed by atoms with van der Waals surface area (Å²) in [6, 6.07) is 1.84. The van der Waals surface area contributed by atoms with Gasteiger partial charge < -0.3 is 11.1 Å². The van der Waals surface area contributed by atoms with Crippen molar-refractivity contribution in [3.63, 3.8) is 0 Å². The van der Waals surface area contributed by atoms with Crippen molar-refractivity contribution in [2.24, 2.45) is 17.1 Å². The number of amides is 1. The minimum Gasteiger partial charge on any atom is -0.379 e. The van der Waals surface area contributed by atoms with Crippen molar-refractivity contribution in [1.29, 1.82) is 0 Å². The molecule has 3 rings (SSSR count). The molecule has 1 aliphatic rings. The van der Waals surface area contributed by atoms with Gasteiger partial charge in [0.05, 0.1) is 40.6 Å². The van der Waals surface area contributed by atoms with Crippen molar-refractivity contribution >= 4 is 32.8 Å². The molecule has 0 aromatic carbocycles. The Balaban J connectivity index is 2.07. The summed E-state index contributed by atoms with van der Waals surface area (Å²) in [6.45, 7) is 8.22. The normalized spacial score (nSPS) is 22.1. The maximum Gasteiger partial charge on any atom is 0.252 e. The van der Waals surface area contributed by atoms with Gasteiger partial charge in [-0.25, -0.2) is 12.9 Å². The van der Waals surface area contributed by atoms with Crippen LogP contribution in [-0.4, -0.2) is 35.7 Å². The molecule has 0 radical (unpaired) electrons. The average Bonchev–Trinajstić information content (AvgIpc) is 3.09. The Hall–Kier alpha value is -2.29. The number of nitrogens with one attached hydrogen (secondary N) is 2. The van der Waals surface area contributed by atoms with Crippen LogP contribution in [0.1, 0.15) is 50.9 Å². The van der Waals surface area contributed by atoms with Gasteiger partial charge in [-0.1, -0.05) is 20.8 Å². The molecule has 2 heterocycles. The second kappa shape index (κ2) is 6.70. The number of hydrogen-bond donors (Lipinski definition) is 3. The number of nitrogens with two attached hydrogens (primary N) is 1. The van der Waals surface area contributed by atoms with Crippen LogP contribution in [0.2, 0.25) is 0 Å². The summed E-state index contributed by atoms with van der Waals surface area (Å²) >= 11 is 0. The average molecular weight is 394 g/mol. The number of aromatic nitrogens is 2. The molecule has 0 aliphatic heterocycles. The predicted molar refractivity (Wildman–Crippen MR) is 106 cm³/mol. The quantitative estimate of drug-likeness (QED) is 0.696. The number of sulfonamides is 1. The lowest BCUT2D eigenvalue weighted by molar-refractivity contribution is 0.100. The van der Waals surface area contributed by atoms with E-state index in [2.05, 4.69) is 35.9 Å². The number of carbonyl (C=O) groups excluding carboxylic acids is 1. The summed E-state index contributed by atoms with van der Waals surface area (Å²) < 4.78 is 27.8. The van der Waals surface area contributed by atoms with Gasteiger partial charge in [0.15, 0.2) is 0 Å². The Labute approximate surface area is 159 Å². The number of hydrogen-bond acceptors (Lipinski definition) is 5. The Morgan fingerprint density at radius 2 is 2.11 bits per heavy atom. The lowest BCUT2D eigenvalue weighted by Gasteiger charge is -2.33. The summed E-state index contributed by atoms with van der Waals surface area (Å²) in [7, 11) is -3.41. The van der Waals surface area contributed by atoms with Crippen molar-refractivity contribution in [2.75, 3.05) is 15.8 Å². The number of primary amides is 1. The first kappa shape index (κ1) is 19.5. The molecule has 1 aliphatic carbocycles. The summed E-state index contributed by atoms with van der Waals surface area (Å²) in [5.74, 6) is -0.0601. The molecule has 27 heavy (non-hydrogen) atoms. The molecule has 148 valence electrons. The maximum atomic E-state index is 12.0. The van der Waals surface area contributed by atoms with E-state index in [4.69, 9.17) is 5.73 Å². The first-order valence-electron chi connectivity index (χ1n) is 9.13. The predicted octanol–water partition coefficient (Wildman–Crippen LogP) is 2.43. The Kier molecular flexibility index (Phi) is 4.83. The van der Waals surface area contributed by atoms with Crippen LogP contribution in [-0.2, 0) is 10.0 Å². The van der Waals surface area contributed by atoms with Gasteiger partial charge in [-0.2, -0.15) is 5.10 Å². The van der Waals surface area contributed by atoms with Gasteiger partial charge in [0.2, 0.25) is 10.0 Å². The second-order valence-electron chi connectivity index (χ2n) is 7.86. The molecular weight excluding hydrogens is 366 g/mol. The Bertz CT molecular complexity index is 980. The third-order valence-corrected chi connectivity index (χ3v) is 7.24. The van der Waals surface area contributed by atoms with E-state index in [1.54, 1.807) is 23.7 Å². The third kappa shape index (κ3) is 3.60. The number of anilines is 2.